The highest BCUT2D eigenvalue weighted by molar-refractivity contribution is 8.02. The van der Waals surface area contributed by atoms with Crippen LogP contribution < -0.4 is 10.1 Å². The minimum Gasteiger partial charge on any atom is -0.495 e. The van der Waals surface area contributed by atoms with Gasteiger partial charge < -0.3 is 14.8 Å². The second-order valence-electron chi connectivity index (χ2n) is 5.66. The Kier molecular flexibility index (Phi) is 6.71. The van der Waals surface area contributed by atoms with Crippen LogP contribution in [0.25, 0.3) is 0 Å². The second kappa shape index (κ2) is 8.57. The van der Waals surface area contributed by atoms with Gasteiger partial charge in [-0.05, 0) is 25.5 Å². The van der Waals surface area contributed by atoms with Crippen LogP contribution in [-0.4, -0.2) is 56.0 Å². The van der Waals surface area contributed by atoms with Gasteiger partial charge in [-0.3, -0.25) is 9.59 Å². The first-order valence-electron chi connectivity index (χ1n) is 7.76. The number of hydrogen-bond acceptors (Lipinski definition) is 7. The molecule has 9 heteroatoms. The molecular weight excluding hydrogens is 366 g/mol. The number of para-hydroxylation sites is 2. The summed E-state index contributed by atoms with van der Waals surface area (Å²) in [6.45, 7) is 1.48. The Hall–Kier alpha value is -1.74. The van der Waals surface area contributed by atoms with E-state index in [0.717, 1.165) is 0 Å². The van der Waals surface area contributed by atoms with Gasteiger partial charge in [0.05, 0.1) is 30.1 Å². The van der Waals surface area contributed by atoms with Crippen molar-refractivity contribution in [3.8, 4) is 5.75 Å². The predicted molar refractivity (Wildman–Crippen MR) is 96.7 cm³/mol. The normalized spacial score (nSPS) is 19.8. The molecule has 1 N–H and O–H groups in total. The standard InChI is InChI=1S/C16H21NO6S2/c1-11(16(19)17-13-5-3-4-6-14(13)22-2)23-15(18)9-24-12-7-8-25(20,21)10-12/h3-6,11-12H,7-10H2,1-2H3,(H,17,19)/t11-,12+/m0/s1. The topological polar surface area (TPSA) is 98.8 Å². The fourth-order valence-electron chi connectivity index (χ4n) is 2.35. The average Bonchev–Trinajstić information content (AvgIpc) is 2.92. The second-order valence-corrected chi connectivity index (χ2v) is 9.18. The molecular formula is C16H21NO6S2. The fourth-order valence-corrected chi connectivity index (χ4v) is 5.77. The van der Waals surface area contributed by atoms with Crippen LogP contribution in [0.3, 0.4) is 0 Å². The summed E-state index contributed by atoms with van der Waals surface area (Å²) in [6, 6.07) is 6.92. The Bertz CT molecular complexity index is 734. The number of sulfone groups is 1. The quantitative estimate of drug-likeness (QED) is 0.708. The minimum absolute atomic E-state index is 0.0203. The van der Waals surface area contributed by atoms with Crippen LogP contribution in [0.1, 0.15) is 13.3 Å². The van der Waals surface area contributed by atoms with E-state index in [1.54, 1.807) is 24.3 Å². The largest absolute Gasteiger partial charge is 0.495 e. The zero-order chi connectivity index (χ0) is 18.4. The molecule has 0 unspecified atom stereocenters. The lowest BCUT2D eigenvalue weighted by molar-refractivity contribution is -0.150. The molecule has 1 aliphatic heterocycles. The minimum atomic E-state index is -2.97. The van der Waals surface area contributed by atoms with Gasteiger partial charge >= 0.3 is 5.97 Å². The Morgan fingerprint density at radius 1 is 1.36 bits per heavy atom. The van der Waals surface area contributed by atoms with Crippen molar-refractivity contribution in [3.05, 3.63) is 24.3 Å². The number of ether oxygens (including phenoxy) is 2. The number of rotatable bonds is 7. The van der Waals surface area contributed by atoms with Crippen LogP contribution >= 0.6 is 11.8 Å². The first-order chi connectivity index (χ1) is 11.8. The molecule has 1 saturated heterocycles. The molecule has 1 fully saturated rings. The third-order valence-electron chi connectivity index (χ3n) is 3.67. The molecule has 0 aliphatic carbocycles. The molecule has 2 rings (SSSR count). The number of benzene rings is 1. The summed E-state index contributed by atoms with van der Waals surface area (Å²) in [5.41, 5.74) is 0.489. The number of carbonyl (C=O) groups is 2. The summed E-state index contributed by atoms with van der Waals surface area (Å²) in [5.74, 6) is -0.228. The summed E-state index contributed by atoms with van der Waals surface area (Å²) in [4.78, 5) is 24.0. The molecule has 0 saturated carbocycles. The van der Waals surface area contributed by atoms with Gasteiger partial charge in [0.15, 0.2) is 15.9 Å². The highest BCUT2D eigenvalue weighted by Crippen LogP contribution is 2.25. The summed E-state index contributed by atoms with van der Waals surface area (Å²) in [5, 5.41) is 2.56. The molecule has 1 heterocycles. The number of amides is 1. The molecule has 7 nitrogen and oxygen atoms in total. The first-order valence-corrected chi connectivity index (χ1v) is 10.6. The number of carbonyl (C=O) groups excluding carboxylic acids is 2. The fraction of sp³-hybridized carbons (Fsp3) is 0.500. The van der Waals surface area contributed by atoms with E-state index < -0.39 is 27.8 Å². The highest BCUT2D eigenvalue weighted by Gasteiger charge is 2.29. The van der Waals surface area contributed by atoms with E-state index in [1.807, 2.05) is 0 Å². The molecule has 1 aliphatic rings. The number of esters is 1. The SMILES string of the molecule is COc1ccccc1NC(=O)[C@H](C)OC(=O)CS[C@@H]1CCS(=O)(=O)C1. The van der Waals surface area contributed by atoms with Crippen molar-refractivity contribution in [2.45, 2.75) is 24.7 Å². The van der Waals surface area contributed by atoms with Gasteiger partial charge in [0, 0.05) is 5.25 Å². The van der Waals surface area contributed by atoms with Crippen LogP contribution in [-0.2, 0) is 24.2 Å². The van der Waals surface area contributed by atoms with Crippen molar-refractivity contribution in [1.29, 1.82) is 0 Å². The van der Waals surface area contributed by atoms with Crippen molar-refractivity contribution in [3.63, 3.8) is 0 Å². The number of methoxy groups -OCH3 is 1. The van der Waals surface area contributed by atoms with Crippen molar-refractivity contribution < 1.29 is 27.5 Å². The Morgan fingerprint density at radius 2 is 2.08 bits per heavy atom. The number of anilines is 1. The van der Waals surface area contributed by atoms with Gasteiger partial charge in [0.2, 0.25) is 0 Å². The van der Waals surface area contributed by atoms with E-state index in [9.17, 15) is 18.0 Å². The van der Waals surface area contributed by atoms with E-state index in [0.29, 0.717) is 17.9 Å². The smallest absolute Gasteiger partial charge is 0.316 e. The monoisotopic (exact) mass is 387 g/mol. The molecule has 25 heavy (non-hydrogen) atoms. The number of thioether (sulfide) groups is 1. The molecule has 0 radical (unpaired) electrons. The van der Waals surface area contributed by atoms with Gasteiger partial charge in [-0.1, -0.05) is 12.1 Å². The average molecular weight is 387 g/mol. The van der Waals surface area contributed by atoms with E-state index in [2.05, 4.69) is 5.32 Å². The molecule has 1 aromatic carbocycles. The van der Waals surface area contributed by atoms with Crippen LogP contribution in [0.4, 0.5) is 5.69 Å². The Labute approximate surface area is 151 Å². The Morgan fingerprint density at radius 3 is 2.72 bits per heavy atom. The predicted octanol–water partition coefficient (Wildman–Crippen LogP) is 1.49. The third kappa shape index (κ3) is 5.93. The first kappa shape index (κ1) is 19.6. The van der Waals surface area contributed by atoms with Crippen LogP contribution in [0.2, 0.25) is 0 Å². The van der Waals surface area contributed by atoms with Gasteiger partial charge in [-0.25, -0.2) is 8.42 Å². The van der Waals surface area contributed by atoms with E-state index in [-0.39, 0.29) is 22.5 Å². The lowest BCUT2D eigenvalue weighted by atomic mass is 10.2. The zero-order valence-corrected chi connectivity index (χ0v) is 15.7. The lowest BCUT2D eigenvalue weighted by Gasteiger charge is -2.15. The highest BCUT2D eigenvalue weighted by atomic mass is 32.2. The van der Waals surface area contributed by atoms with Gasteiger partial charge in [0.1, 0.15) is 5.75 Å². The Balaban J connectivity index is 1.79. The lowest BCUT2D eigenvalue weighted by Crippen LogP contribution is -2.30. The third-order valence-corrected chi connectivity index (χ3v) is 6.92. The van der Waals surface area contributed by atoms with Gasteiger partial charge in [-0.15, -0.1) is 11.8 Å². The van der Waals surface area contributed by atoms with E-state index in [4.69, 9.17) is 9.47 Å². The van der Waals surface area contributed by atoms with Crippen LogP contribution in [0.15, 0.2) is 24.3 Å². The van der Waals surface area contributed by atoms with E-state index >= 15 is 0 Å². The molecule has 138 valence electrons. The molecule has 1 aromatic rings. The van der Waals surface area contributed by atoms with Crippen molar-refractivity contribution >= 4 is 39.2 Å². The molecule has 2 atom stereocenters. The van der Waals surface area contributed by atoms with Gasteiger partial charge in [0.25, 0.3) is 5.91 Å². The van der Waals surface area contributed by atoms with Crippen LogP contribution in [0.5, 0.6) is 5.75 Å². The van der Waals surface area contributed by atoms with E-state index in [1.165, 1.54) is 25.8 Å². The molecule has 1 amide bonds. The maximum atomic E-state index is 12.1. The van der Waals surface area contributed by atoms with Crippen LogP contribution in [0, 0.1) is 0 Å². The van der Waals surface area contributed by atoms with Crippen molar-refractivity contribution in [2.24, 2.45) is 0 Å². The summed E-state index contributed by atoms with van der Waals surface area (Å²) in [6.07, 6.45) is -0.422. The summed E-state index contributed by atoms with van der Waals surface area (Å²) >= 11 is 1.25. The molecule has 0 bridgehead atoms. The summed E-state index contributed by atoms with van der Waals surface area (Å²) in [7, 11) is -1.48. The maximum Gasteiger partial charge on any atom is 0.316 e. The maximum absolute atomic E-state index is 12.1. The molecule has 0 spiro atoms. The van der Waals surface area contributed by atoms with Crippen molar-refractivity contribution in [2.75, 3.05) is 29.7 Å². The van der Waals surface area contributed by atoms with Gasteiger partial charge in [-0.2, -0.15) is 0 Å². The van der Waals surface area contributed by atoms with Crippen molar-refractivity contribution in [1.82, 2.24) is 0 Å². The number of hydrogen-bond donors (Lipinski definition) is 1. The zero-order valence-electron chi connectivity index (χ0n) is 14.1. The number of nitrogens with one attached hydrogen (secondary N) is 1. The molecule has 0 aromatic heterocycles. The summed E-state index contributed by atoms with van der Waals surface area (Å²) < 4.78 is 33.0.